The molecule has 6 heteroatoms. The van der Waals surface area contributed by atoms with Gasteiger partial charge < -0.3 is 20.4 Å². The first-order valence-corrected chi connectivity index (χ1v) is 6.03. The third kappa shape index (κ3) is 3.09. The summed E-state index contributed by atoms with van der Waals surface area (Å²) in [7, 11) is 0. The molecule has 0 spiro atoms. The van der Waals surface area contributed by atoms with Crippen molar-refractivity contribution in [3.8, 4) is 0 Å². The highest BCUT2D eigenvalue weighted by Gasteiger charge is 2.38. The third-order valence-corrected chi connectivity index (χ3v) is 3.35. The van der Waals surface area contributed by atoms with Gasteiger partial charge in [-0.05, 0) is 12.3 Å². The van der Waals surface area contributed by atoms with E-state index in [1.807, 2.05) is 0 Å². The topological polar surface area (TPSA) is 89.9 Å². The average molecular weight is 242 g/mol. The lowest BCUT2D eigenvalue weighted by atomic mass is 10.2. The predicted molar refractivity (Wildman–Crippen MR) is 59.5 cm³/mol. The summed E-state index contributed by atoms with van der Waals surface area (Å²) in [5.74, 6) is -0.325. The number of carbonyl (C=O) groups excluding carboxylic acids is 1. The van der Waals surface area contributed by atoms with Crippen molar-refractivity contribution in [1.82, 2.24) is 10.2 Å². The van der Waals surface area contributed by atoms with E-state index in [0.29, 0.717) is 6.54 Å². The number of nitrogens with one attached hydrogen (secondary N) is 1. The fraction of sp³-hybridized carbons (Fsp3) is 0.818. The number of aliphatic hydroxyl groups is 1. The molecule has 2 aliphatic rings. The number of rotatable bonds is 4. The van der Waals surface area contributed by atoms with Crippen LogP contribution in [0, 0.1) is 5.92 Å². The normalized spacial score (nSPS) is 28.2. The van der Waals surface area contributed by atoms with Crippen LogP contribution in [0.2, 0.25) is 0 Å². The molecule has 17 heavy (non-hydrogen) atoms. The summed E-state index contributed by atoms with van der Waals surface area (Å²) < 4.78 is 0. The van der Waals surface area contributed by atoms with Crippen LogP contribution < -0.4 is 5.32 Å². The minimum Gasteiger partial charge on any atom is -0.480 e. The number of carbonyl (C=O) groups is 2. The Bertz CT molecular complexity index is 317. The minimum absolute atomic E-state index is 0.103. The standard InChI is InChI=1S/C11H18N2O4/c14-8-5-9(10(15)16)13(6-8)11(17)12-4-3-7-1-2-7/h7-9,14H,1-6H2,(H,12,17)(H,15,16). The van der Waals surface area contributed by atoms with E-state index in [1.165, 1.54) is 17.7 Å². The van der Waals surface area contributed by atoms with Crippen molar-refractivity contribution in [2.45, 2.75) is 37.8 Å². The van der Waals surface area contributed by atoms with Crippen molar-refractivity contribution < 1.29 is 19.8 Å². The highest BCUT2D eigenvalue weighted by Crippen LogP contribution is 2.31. The van der Waals surface area contributed by atoms with Gasteiger partial charge in [0.05, 0.1) is 6.10 Å². The quantitative estimate of drug-likeness (QED) is 0.648. The van der Waals surface area contributed by atoms with Crippen LogP contribution in [-0.2, 0) is 4.79 Å². The number of carboxylic acid groups (broad SMARTS) is 1. The van der Waals surface area contributed by atoms with Gasteiger partial charge in [0.15, 0.2) is 0 Å². The molecule has 2 atom stereocenters. The van der Waals surface area contributed by atoms with E-state index < -0.39 is 18.1 Å². The summed E-state index contributed by atoms with van der Waals surface area (Å²) in [6.07, 6.45) is 2.81. The Morgan fingerprint density at radius 1 is 1.35 bits per heavy atom. The monoisotopic (exact) mass is 242 g/mol. The molecule has 2 amide bonds. The number of nitrogens with zero attached hydrogens (tertiary/aromatic N) is 1. The highest BCUT2D eigenvalue weighted by molar-refractivity contribution is 5.83. The fourth-order valence-electron chi connectivity index (χ4n) is 2.16. The van der Waals surface area contributed by atoms with Crippen LogP contribution in [0.1, 0.15) is 25.7 Å². The van der Waals surface area contributed by atoms with Gasteiger partial charge in [0.25, 0.3) is 0 Å². The lowest BCUT2D eigenvalue weighted by molar-refractivity contribution is -0.141. The first-order valence-electron chi connectivity index (χ1n) is 6.03. The van der Waals surface area contributed by atoms with Crippen LogP contribution in [0.5, 0.6) is 0 Å². The minimum atomic E-state index is -1.06. The van der Waals surface area contributed by atoms with E-state index in [4.69, 9.17) is 5.11 Å². The molecule has 1 saturated heterocycles. The molecule has 2 unspecified atom stereocenters. The molecule has 1 aliphatic carbocycles. The Labute approximate surface area is 99.6 Å². The summed E-state index contributed by atoms with van der Waals surface area (Å²) in [6, 6.07) is -1.28. The number of hydrogen-bond acceptors (Lipinski definition) is 3. The summed E-state index contributed by atoms with van der Waals surface area (Å²) in [5.41, 5.74) is 0. The molecule has 96 valence electrons. The number of amides is 2. The zero-order valence-electron chi connectivity index (χ0n) is 9.63. The highest BCUT2D eigenvalue weighted by atomic mass is 16.4. The number of likely N-dealkylation sites (tertiary alicyclic amines) is 1. The van der Waals surface area contributed by atoms with Gasteiger partial charge in [-0.2, -0.15) is 0 Å². The zero-order valence-corrected chi connectivity index (χ0v) is 9.63. The Kier molecular flexibility index (Phi) is 3.51. The molecule has 0 radical (unpaired) electrons. The van der Waals surface area contributed by atoms with E-state index in [2.05, 4.69) is 5.32 Å². The van der Waals surface area contributed by atoms with Gasteiger partial charge in [0.1, 0.15) is 6.04 Å². The lowest BCUT2D eigenvalue weighted by Gasteiger charge is -2.21. The van der Waals surface area contributed by atoms with Gasteiger partial charge >= 0.3 is 12.0 Å². The second-order valence-electron chi connectivity index (χ2n) is 4.86. The van der Waals surface area contributed by atoms with Crippen molar-refractivity contribution in [2.24, 2.45) is 5.92 Å². The Hall–Kier alpha value is -1.30. The second kappa shape index (κ2) is 4.91. The number of aliphatic carboxylic acids is 1. The molecule has 1 saturated carbocycles. The molecule has 2 fully saturated rings. The lowest BCUT2D eigenvalue weighted by Crippen LogP contribution is -2.46. The van der Waals surface area contributed by atoms with Crippen LogP contribution in [0.15, 0.2) is 0 Å². The van der Waals surface area contributed by atoms with Crippen molar-refractivity contribution in [1.29, 1.82) is 0 Å². The number of aliphatic hydroxyl groups excluding tert-OH is 1. The molecule has 6 nitrogen and oxygen atoms in total. The number of carboxylic acids is 1. The molecule has 0 bridgehead atoms. The number of hydrogen-bond donors (Lipinski definition) is 3. The van der Waals surface area contributed by atoms with Crippen LogP contribution in [-0.4, -0.2) is 52.3 Å². The second-order valence-corrected chi connectivity index (χ2v) is 4.86. The molecule has 2 rings (SSSR count). The molecule has 1 heterocycles. The molecule has 0 aromatic rings. The van der Waals surface area contributed by atoms with E-state index >= 15 is 0 Å². The van der Waals surface area contributed by atoms with E-state index in [-0.39, 0.29) is 19.0 Å². The Morgan fingerprint density at radius 2 is 2.06 bits per heavy atom. The van der Waals surface area contributed by atoms with Crippen LogP contribution in [0.25, 0.3) is 0 Å². The summed E-state index contributed by atoms with van der Waals surface area (Å²) in [5, 5.41) is 21.1. The van der Waals surface area contributed by atoms with Gasteiger partial charge in [-0.1, -0.05) is 12.8 Å². The number of β-amino-alcohol motifs (C(OH)–C–C–N with tert-alkyl or cyclic N) is 1. The summed E-state index contributed by atoms with van der Waals surface area (Å²) >= 11 is 0. The SMILES string of the molecule is O=C(O)C1CC(O)CN1C(=O)NCCC1CC1. The Morgan fingerprint density at radius 3 is 2.65 bits per heavy atom. The first kappa shape index (κ1) is 12.2. The van der Waals surface area contributed by atoms with Crippen LogP contribution in [0.4, 0.5) is 4.79 Å². The smallest absolute Gasteiger partial charge is 0.326 e. The maximum Gasteiger partial charge on any atom is 0.326 e. The van der Waals surface area contributed by atoms with Gasteiger partial charge in [0, 0.05) is 19.5 Å². The van der Waals surface area contributed by atoms with E-state index in [9.17, 15) is 14.7 Å². The van der Waals surface area contributed by atoms with Gasteiger partial charge in [-0.15, -0.1) is 0 Å². The van der Waals surface area contributed by atoms with Crippen molar-refractivity contribution in [2.75, 3.05) is 13.1 Å². The predicted octanol–water partition coefficient (Wildman–Crippen LogP) is 0.0159. The fourth-order valence-corrected chi connectivity index (χ4v) is 2.16. The Balaban J connectivity index is 1.81. The summed E-state index contributed by atoms with van der Waals surface area (Å²) in [4.78, 5) is 23.9. The molecule has 3 N–H and O–H groups in total. The van der Waals surface area contributed by atoms with Crippen molar-refractivity contribution in [3.63, 3.8) is 0 Å². The van der Waals surface area contributed by atoms with Gasteiger partial charge in [-0.3, -0.25) is 0 Å². The molecule has 0 aromatic carbocycles. The zero-order chi connectivity index (χ0) is 12.4. The van der Waals surface area contributed by atoms with Crippen molar-refractivity contribution >= 4 is 12.0 Å². The van der Waals surface area contributed by atoms with Crippen molar-refractivity contribution in [3.05, 3.63) is 0 Å². The molecule has 0 aromatic heterocycles. The third-order valence-electron chi connectivity index (χ3n) is 3.35. The largest absolute Gasteiger partial charge is 0.480 e. The van der Waals surface area contributed by atoms with Crippen LogP contribution >= 0.6 is 0 Å². The molecular weight excluding hydrogens is 224 g/mol. The first-order chi connectivity index (χ1) is 8.08. The van der Waals surface area contributed by atoms with Gasteiger partial charge in [-0.25, -0.2) is 9.59 Å². The van der Waals surface area contributed by atoms with Gasteiger partial charge in [0.2, 0.25) is 0 Å². The average Bonchev–Trinajstić information content (AvgIpc) is 2.99. The molecule has 1 aliphatic heterocycles. The van der Waals surface area contributed by atoms with Crippen LogP contribution in [0.3, 0.4) is 0 Å². The maximum atomic E-state index is 11.7. The van der Waals surface area contributed by atoms with E-state index in [0.717, 1.165) is 12.3 Å². The summed E-state index contributed by atoms with van der Waals surface area (Å²) in [6.45, 7) is 0.689. The maximum absolute atomic E-state index is 11.7. The molecular formula is C11H18N2O4. The van der Waals surface area contributed by atoms with E-state index in [1.54, 1.807) is 0 Å². The number of urea groups is 1.